The van der Waals surface area contributed by atoms with Crippen molar-refractivity contribution in [2.75, 3.05) is 6.54 Å². The molecular formula is C14H13Cl2N3O2. The van der Waals surface area contributed by atoms with E-state index in [2.05, 4.69) is 15.3 Å². The topological polar surface area (TPSA) is 75.1 Å². The third-order valence-electron chi connectivity index (χ3n) is 2.83. The minimum atomic E-state index is -1.00. The van der Waals surface area contributed by atoms with Crippen molar-refractivity contribution in [2.45, 2.75) is 13.0 Å². The average Bonchev–Trinajstić information content (AvgIpc) is 2.44. The normalized spacial score (nSPS) is 12.0. The van der Waals surface area contributed by atoms with Crippen LogP contribution in [-0.2, 0) is 0 Å². The number of hydrogen-bond acceptors (Lipinski definition) is 4. The van der Waals surface area contributed by atoms with Gasteiger partial charge in [-0.05, 0) is 25.1 Å². The molecule has 1 aromatic carbocycles. The molecule has 5 nitrogen and oxygen atoms in total. The fourth-order valence-corrected chi connectivity index (χ4v) is 2.44. The minimum Gasteiger partial charge on any atom is -0.386 e. The van der Waals surface area contributed by atoms with Crippen molar-refractivity contribution < 1.29 is 9.90 Å². The molecule has 0 aliphatic carbocycles. The highest BCUT2D eigenvalue weighted by Gasteiger charge is 2.17. The molecule has 0 aliphatic heterocycles. The molecule has 1 amide bonds. The Hall–Kier alpha value is -1.69. The van der Waals surface area contributed by atoms with Crippen LogP contribution in [0.15, 0.2) is 30.6 Å². The van der Waals surface area contributed by atoms with Gasteiger partial charge in [0.1, 0.15) is 12.0 Å². The standard InChI is InChI=1S/C14H13Cl2N3O2/c1-8-5-11(19-7-18-8)14(21)17-6-12(20)13-9(15)3-2-4-10(13)16/h2-5,7,12,20H,6H2,1H3,(H,17,21). The Labute approximate surface area is 131 Å². The molecule has 21 heavy (non-hydrogen) atoms. The van der Waals surface area contributed by atoms with Gasteiger partial charge in [-0.2, -0.15) is 0 Å². The number of nitrogens with zero attached hydrogens (tertiary/aromatic N) is 2. The van der Waals surface area contributed by atoms with E-state index in [0.717, 1.165) is 0 Å². The lowest BCUT2D eigenvalue weighted by Crippen LogP contribution is -2.29. The molecule has 0 saturated heterocycles. The molecular weight excluding hydrogens is 313 g/mol. The molecule has 1 unspecified atom stereocenters. The maximum Gasteiger partial charge on any atom is 0.270 e. The number of aryl methyl sites for hydroxylation is 1. The Balaban J connectivity index is 2.04. The van der Waals surface area contributed by atoms with Gasteiger partial charge in [0.25, 0.3) is 5.91 Å². The van der Waals surface area contributed by atoms with Gasteiger partial charge >= 0.3 is 0 Å². The summed E-state index contributed by atoms with van der Waals surface area (Å²) in [6.07, 6.45) is 0.309. The van der Waals surface area contributed by atoms with Gasteiger partial charge < -0.3 is 10.4 Å². The first-order valence-corrected chi connectivity index (χ1v) is 6.93. The fourth-order valence-electron chi connectivity index (χ4n) is 1.79. The molecule has 0 bridgehead atoms. The second-order valence-electron chi connectivity index (χ2n) is 4.41. The summed E-state index contributed by atoms with van der Waals surface area (Å²) in [5, 5.41) is 13.4. The van der Waals surface area contributed by atoms with Crippen molar-refractivity contribution in [3.8, 4) is 0 Å². The van der Waals surface area contributed by atoms with Crippen molar-refractivity contribution in [3.63, 3.8) is 0 Å². The number of aromatic nitrogens is 2. The van der Waals surface area contributed by atoms with Gasteiger partial charge in [-0.15, -0.1) is 0 Å². The van der Waals surface area contributed by atoms with Crippen LogP contribution in [0.5, 0.6) is 0 Å². The number of nitrogens with one attached hydrogen (secondary N) is 1. The van der Waals surface area contributed by atoms with Crippen LogP contribution in [0.2, 0.25) is 10.0 Å². The van der Waals surface area contributed by atoms with Gasteiger partial charge in [-0.3, -0.25) is 4.79 Å². The molecule has 0 saturated carbocycles. The van der Waals surface area contributed by atoms with Crippen molar-refractivity contribution in [1.29, 1.82) is 0 Å². The van der Waals surface area contributed by atoms with Crippen LogP contribution in [0.1, 0.15) is 27.8 Å². The van der Waals surface area contributed by atoms with Crippen LogP contribution in [0, 0.1) is 6.92 Å². The Morgan fingerprint density at radius 3 is 2.62 bits per heavy atom. The first-order chi connectivity index (χ1) is 9.99. The Morgan fingerprint density at radius 1 is 1.33 bits per heavy atom. The highest BCUT2D eigenvalue weighted by atomic mass is 35.5. The van der Waals surface area contributed by atoms with E-state index in [1.54, 1.807) is 31.2 Å². The molecule has 2 aromatic rings. The van der Waals surface area contributed by atoms with Gasteiger partial charge in [-0.25, -0.2) is 9.97 Å². The number of rotatable bonds is 4. The van der Waals surface area contributed by atoms with Gasteiger partial charge in [0.15, 0.2) is 0 Å². The van der Waals surface area contributed by atoms with Crippen LogP contribution in [0.25, 0.3) is 0 Å². The van der Waals surface area contributed by atoms with Crippen molar-refractivity contribution in [1.82, 2.24) is 15.3 Å². The second-order valence-corrected chi connectivity index (χ2v) is 5.22. The van der Waals surface area contributed by atoms with E-state index in [9.17, 15) is 9.90 Å². The van der Waals surface area contributed by atoms with E-state index in [0.29, 0.717) is 21.3 Å². The molecule has 1 atom stereocenters. The zero-order valence-corrected chi connectivity index (χ0v) is 12.7. The number of hydrogen-bond donors (Lipinski definition) is 2. The van der Waals surface area contributed by atoms with Gasteiger partial charge in [0.05, 0.1) is 6.10 Å². The lowest BCUT2D eigenvalue weighted by molar-refractivity contribution is 0.0911. The molecule has 0 spiro atoms. The van der Waals surface area contributed by atoms with Crippen LogP contribution < -0.4 is 5.32 Å². The van der Waals surface area contributed by atoms with Crippen molar-refractivity contribution in [2.24, 2.45) is 0 Å². The second kappa shape index (κ2) is 6.85. The predicted molar refractivity (Wildman–Crippen MR) is 80.5 cm³/mol. The van der Waals surface area contributed by atoms with E-state index in [-0.39, 0.29) is 12.2 Å². The third kappa shape index (κ3) is 3.91. The molecule has 0 radical (unpaired) electrons. The molecule has 2 N–H and O–H groups in total. The Bertz CT molecular complexity index is 644. The monoisotopic (exact) mass is 325 g/mol. The first kappa shape index (κ1) is 15.7. The number of benzene rings is 1. The lowest BCUT2D eigenvalue weighted by Gasteiger charge is -2.15. The number of amides is 1. The predicted octanol–water partition coefficient (Wildman–Crippen LogP) is 2.56. The van der Waals surface area contributed by atoms with E-state index in [4.69, 9.17) is 23.2 Å². The number of aliphatic hydroxyl groups is 1. The summed E-state index contributed by atoms with van der Waals surface area (Å²) in [6, 6.07) is 6.50. The van der Waals surface area contributed by atoms with Crippen molar-refractivity contribution in [3.05, 3.63) is 57.6 Å². The van der Waals surface area contributed by atoms with E-state index in [1.165, 1.54) is 6.33 Å². The molecule has 110 valence electrons. The van der Waals surface area contributed by atoms with E-state index >= 15 is 0 Å². The molecule has 0 fully saturated rings. The van der Waals surface area contributed by atoms with Gasteiger partial charge in [0.2, 0.25) is 0 Å². The smallest absolute Gasteiger partial charge is 0.270 e. The van der Waals surface area contributed by atoms with Crippen LogP contribution in [-0.4, -0.2) is 27.5 Å². The summed E-state index contributed by atoms with van der Waals surface area (Å²) >= 11 is 12.0. The first-order valence-electron chi connectivity index (χ1n) is 6.18. The largest absolute Gasteiger partial charge is 0.386 e. The number of carbonyl (C=O) groups excluding carboxylic acids is 1. The summed E-state index contributed by atoms with van der Waals surface area (Å²) in [5.41, 5.74) is 1.31. The molecule has 1 aromatic heterocycles. The number of carbonyl (C=O) groups is 1. The van der Waals surface area contributed by atoms with Crippen LogP contribution in [0.4, 0.5) is 0 Å². The highest BCUT2D eigenvalue weighted by molar-refractivity contribution is 6.36. The summed E-state index contributed by atoms with van der Waals surface area (Å²) in [4.78, 5) is 19.7. The van der Waals surface area contributed by atoms with E-state index < -0.39 is 12.0 Å². The zero-order chi connectivity index (χ0) is 15.4. The number of halogens is 2. The Morgan fingerprint density at radius 2 is 2.00 bits per heavy atom. The maximum atomic E-state index is 11.9. The third-order valence-corrected chi connectivity index (χ3v) is 3.48. The van der Waals surface area contributed by atoms with Crippen LogP contribution >= 0.6 is 23.2 Å². The molecule has 2 rings (SSSR count). The molecule has 1 heterocycles. The van der Waals surface area contributed by atoms with Gasteiger partial charge in [-0.1, -0.05) is 29.3 Å². The van der Waals surface area contributed by atoms with Crippen LogP contribution in [0.3, 0.4) is 0 Å². The molecule has 0 aliphatic rings. The maximum absolute atomic E-state index is 11.9. The average molecular weight is 326 g/mol. The summed E-state index contributed by atoms with van der Waals surface area (Å²) < 4.78 is 0. The number of aliphatic hydroxyl groups excluding tert-OH is 1. The van der Waals surface area contributed by atoms with E-state index in [1.807, 2.05) is 0 Å². The molecule has 7 heteroatoms. The summed E-state index contributed by atoms with van der Waals surface area (Å²) in [7, 11) is 0. The minimum absolute atomic E-state index is 0.0225. The Kier molecular flexibility index (Phi) is 5.12. The fraction of sp³-hybridized carbons (Fsp3) is 0.214. The quantitative estimate of drug-likeness (QED) is 0.905. The van der Waals surface area contributed by atoms with Crippen molar-refractivity contribution >= 4 is 29.1 Å². The highest BCUT2D eigenvalue weighted by Crippen LogP contribution is 2.29. The zero-order valence-electron chi connectivity index (χ0n) is 11.2. The SMILES string of the molecule is Cc1cc(C(=O)NCC(O)c2c(Cl)cccc2Cl)ncn1. The summed E-state index contributed by atoms with van der Waals surface area (Å²) in [5.74, 6) is -0.400. The summed E-state index contributed by atoms with van der Waals surface area (Å²) in [6.45, 7) is 1.74. The lowest BCUT2D eigenvalue weighted by atomic mass is 10.1. The van der Waals surface area contributed by atoms with Gasteiger partial charge in [0, 0.05) is 27.8 Å².